The summed E-state index contributed by atoms with van der Waals surface area (Å²) < 4.78 is 5.93. The fourth-order valence-electron chi connectivity index (χ4n) is 1.66. The van der Waals surface area contributed by atoms with E-state index in [1.54, 1.807) is 0 Å². The van der Waals surface area contributed by atoms with Crippen LogP contribution >= 0.6 is 0 Å². The molecule has 3 heteroatoms. The van der Waals surface area contributed by atoms with Gasteiger partial charge in [-0.1, -0.05) is 32.0 Å². The molecule has 0 bridgehead atoms. The SMILES string of the molecule is CC(C)C(=O)NCCc1ccccc1OC(C)(C)C. The molecule has 0 fully saturated rings. The normalized spacial score (nSPS) is 11.5. The Bertz CT molecular complexity index is 419. The van der Waals surface area contributed by atoms with Crippen molar-refractivity contribution in [3.05, 3.63) is 29.8 Å². The summed E-state index contributed by atoms with van der Waals surface area (Å²) in [5, 5.41) is 2.93. The third-order valence-corrected chi connectivity index (χ3v) is 2.61. The van der Waals surface area contributed by atoms with Crippen molar-refractivity contribution in [2.24, 2.45) is 5.92 Å². The Balaban J connectivity index is 2.61. The first-order valence-electron chi connectivity index (χ1n) is 6.84. The summed E-state index contributed by atoms with van der Waals surface area (Å²) in [5.74, 6) is 1.02. The molecular weight excluding hydrogens is 238 g/mol. The monoisotopic (exact) mass is 263 g/mol. The lowest BCUT2D eigenvalue weighted by Crippen LogP contribution is -2.30. The zero-order valence-corrected chi connectivity index (χ0v) is 12.6. The van der Waals surface area contributed by atoms with Crippen molar-refractivity contribution in [1.82, 2.24) is 5.32 Å². The predicted octanol–water partition coefficient (Wildman–Crippen LogP) is 3.18. The van der Waals surface area contributed by atoms with Crippen LogP contribution in [0.3, 0.4) is 0 Å². The summed E-state index contributed by atoms with van der Waals surface area (Å²) in [6, 6.07) is 7.99. The molecule has 0 aliphatic heterocycles. The van der Waals surface area contributed by atoms with Crippen LogP contribution in [0.2, 0.25) is 0 Å². The molecule has 0 saturated heterocycles. The second kappa shape index (κ2) is 6.60. The van der Waals surface area contributed by atoms with E-state index < -0.39 is 0 Å². The van der Waals surface area contributed by atoms with Crippen molar-refractivity contribution in [2.45, 2.75) is 46.6 Å². The molecule has 0 spiro atoms. The zero-order valence-electron chi connectivity index (χ0n) is 12.6. The number of rotatable bonds is 5. The molecule has 1 amide bonds. The van der Waals surface area contributed by atoms with Crippen LogP contribution < -0.4 is 10.1 Å². The van der Waals surface area contributed by atoms with Gasteiger partial charge < -0.3 is 10.1 Å². The van der Waals surface area contributed by atoms with Gasteiger partial charge >= 0.3 is 0 Å². The van der Waals surface area contributed by atoms with Gasteiger partial charge in [0.05, 0.1) is 0 Å². The van der Waals surface area contributed by atoms with E-state index in [-0.39, 0.29) is 17.4 Å². The van der Waals surface area contributed by atoms with E-state index in [9.17, 15) is 4.79 Å². The molecule has 1 N–H and O–H groups in total. The highest BCUT2D eigenvalue weighted by Crippen LogP contribution is 2.23. The first-order chi connectivity index (χ1) is 8.79. The molecule has 0 aliphatic rings. The lowest BCUT2D eigenvalue weighted by Gasteiger charge is -2.23. The van der Waals surface area contributed by atoms with Crippen molar-refractivity contribution < 1.29 is 9.53 Å². The van der Waals surface area contributed by atoms with Crippen LogP contribution in [0.15, 0.2) is 24.3 Å². The lowest BCUT2D eigenvalue weighted by atomic mass is 10.1. The van der Waals surface area contributed by atoms with Crippen LogP contribution in [-0.2, 0) is 11.2 Å². The molecule has 1 rings (SSSR count). The predicted molar refractivity (Wildman–Crippen MR) is 78.4 cm³/mol. The average Bonchev–Trinajstić information content (AvgIpc) is 2.29. The Hall–Kier alpha value is -1.51. The number of benzene rings is 1. The molecule has 106 valence electrons. The summed E-state index contributed by atoms with van der Waals surface area (Å²) in [6.07, 6.45) is 0.782. The molecule has 0 heterocycles. The standard InChI is InChI=1S/C16H25NO2/c1-12(2)15(18)17-11-10-13-8-6-7-9-14(13)19-16(3,4)5/h6-9,12H,10-11H2,1-5H3,(H,17,18). The van der Waals surface area contributed by atoms with E-state index in [1.807, 2.05) is 58.9 Å². The minimum Gasteiger partial charge on any atom is -0.488 e. The molecule has 1 aromatic rings. The van der Waals surface area contributed by atoms with Gasteiger partial charge in [-0.2, -0.15) is 0 Å². The van der Waals surface area contributed by atoms with Crippen molar-refractivity contribution in [1.29, 1.82) is 0 Å². The molecule has 3 nitrogen and oxygen atoms in total. The van der Waals surface area contributed by atoms with Crippen LogP contribution in [0.4, 0.5) is 0 Å². The Morgan fingerprint density at radius 3 is 2.47 bits per heavy atom. The van der Waals surface area contributed by atoms with Crippen molar-refractivity contribution in [3.63, 3.8) is 0 Å². The first-order valence-corrected chi connectivity index (χ1v) is 6.84. The van der Waals surface area contributed by atoms with Crippen molar-refractivity contribution in [3.8, 4) is 5.75 Å². The van der Waals surface area contributed by atoms with E-state index in [0.29, 0.717) is 6.54 Å². The molecule has 0 atom stereocenters. The van der Waals surface area contributed by atoms with Gasteiger partial charge in [0, 0.05) is 12.5 Å². The Morgan fingerprint density at radius 1 is 1.26 bits per heavy atom. The minimum absolute atomic E-state index is 0.0288. The molecule has 0 unspecified atom stereocenters. The topological polar surface area (TPSA) is 38.3 Å². The number of amides is 1. The summed E-state index contributed by atoms with van der Waals surface area (Å²) in [5.41, 5.74) is 0.915. The number of ether oxygens (including phenoxy) is 1. The third kappa shape index (κ3) is 5.77. The molecule has 0 aliphatic carbocycles. The second-order valence-electron chi connectivity index (χ2n) is 6.02. The quantitative estimate of drug-likeness (QED) is 0.886. The maximum absolute atomic E-state index is 11.5. The fourth-order valence-corrected chi connectivity index (χ4v) is 1.66. The second-order valence-corrected chi connectivity index (χ2v) is 6.02. The fraction of sp³-hybridized carbons (Fsp3) is 0.562. The van der Waals surface area contributed by atoms with Gasteiger partial charge in [0.2, 0.25) is 5.91 Å². The summed E-state index contributed by atoms with van der Waals surface area (Å²) >= 11 is 0. The van der Waals surface area contributed by atoms with E-state index in [1.165, 1.54) is 0 Å². The van der Waals surface area contributed by atoms with Gasteiger partial charge in [-0.15, -0.1) is 0 Å². The van der Waals surface area contributed by atoms with Crippen LogP contribution in [-0.4, -0.2) is 18.1 Å². The van der Waals surface area contributed by atoms with Crippen molar-refractivity contribution in [2.75, 3.05) is 6.54 Å². The van der Waals surface area contributed by atoms with Crippen LogP contribution in [0.25, 0.3) is 0 Å². The minimum atomic E-state index is -0.211. The van der Waals surface area contributed by atoms with E-state index >= 15 is 0 Å². The van der Waals surface area contributed by atoms with E-state index in [0.717, 1.165) is 17.7 Å². The zero-order chi connectivity index (χ0) is 14.5. The van der Waals surface area contributed by atoms with Crippen LogP contribution in [0, 0.1) is 5.92 Å². The Kier molecular flexibility index (Phi) is 5.40. The number of carbonyl (C=O) groups excluding carboxylic acids is 1. The molecule has 0 aromatic heterocycles. The maximum Gasteiger partial charge on any atom is 0.222 e. The highest BCUT2D eigenvalue weighted by Gasteiger charge is 2.14. The highest BCUT2D eigenvalue weighted by molar-refractivity contribution is 5.77. The van der Waals surface area contributed by atoms with Gasteiger partial charge in [-0.25, -0.2) is 0 Å². The van der Waals surface area contributed by atoms with Gasteiger partial charge in [-0.05, 0) is 38.8 Å². The summed E-state index contributed by atoms with van der Waals surface area (Å²) in [4.78, 5) is 11.5. The molecular formula is C16H25NO2. The smallest absolute Gasteiger partial charge is 0.222 e. The van der Waals surface area contributed by atoms with E-state index in [4.69, 9.17) is 4.74 Å². The third-order valence-electron chi connectivity index (χ3n) is 2.61. The largest absolute Gasteiger partial charge is 0.488 e. The summed E-state index contributed by atoms with van der Waals surface area (Å²) in [7, 11) is 0. The number of hydrogen-bond acceptors (Lipinski definition) is 2. The Labute approximate surface area is 116 Å². The summed E-state index contributed by atoms with van der Waals surface area (Å²) in [6.45, 7) is 10.5. The molecule has 1 aromatic carbocycles. The lowest BCUT2D eigenvalue weighted by molar-refractivity contribution is -0.123. The van der Waals surface area contributed by atoms with Gasteiger partial charge in [0.15, 0.2) is 0 Å². The number of para-hydroxylation sites is 1. The van der Waals surface area contributed by atoms with Gasteiger partial charge in [0.25, 0.3) is 0 Å². The van der Waals surface area contributed by atoms with Gasteiger partial charge in [0.1, 0.15) is 11.4 Å². The number of nitrogens with one attached hydrogen (secondary N) is 1. The first kappa shape index (κ1) is 15.5. The number of hydrogen-bond donors (Lipinski definition) is 1. The highest BCUT2D eigenvalue weighted by atomic mass is 16.5. The van der Waals surface area contributed by atoms with Gasteiger partial charge in [-0.3, -0.25) is 4.79 Å². The van der Waals surface area contributed by atoms with Crippen molar-refractivity contribution >= 4 is 5.91 Å². The van der Waals surface area contributed by atoms with E-state index in [2.05, 4.69) is 5.32 Å². The average molecular weight is 263 g/mol. The van der Waals surface area contributed by atoms with Crippen LogP contribution in [0.5, 0.6) is 5.75 Å². The Morgan fingerprint density at radius 2 is 1.89 bits per heavy atom. The molecule has 0 radical (unpaired) electrons. The molecule has 0 saturated carbocycles. The maximum atomic E-state index is 11.5. The van der Waals surface area contributed by atoms with Crippen LogP contribution in [0.1, 0.15) is 40.2 Å². The number of carbonyl (C=O) groups is 1. The molecule has 19 heavy (non-hydrogen) atoms.